The van der Waals surface area contributed by atoms with E-state index in [2.05, 4.69) is 47.2 Å². The van der Waals surface area contributed by atoms with Crippen molar-refractivity contribution in [2.75, 3.05) is 19.6 Å². The molecule has 0 bridgehead atoms. The minimum Gasteiger partial charge on any atom is -0.314 e. The molecular weight excluding hydrogens is 246 g/mol. The maximum Gasteiger partial charge on any atom is 0.0547 e. The summed E-state index contributed by atoms with van der Waals surface area (Å²) < 4.78 is 0. The Bertz CT molecular complexity index is 386. The monoisotopic (exact) mass is 275 g/mol. The molecule has 1 fully saturated rings. The van der Waals surface area contributed by atoms with E-state index in [9.17, 15) is 0 Å². The molecule has 1 N–H and O–H groups in total. The molecule has 20 heavy (non-hydrogen) atoms. The highest BCUT2D eigenvalue weighted by atomic mass is 15.1. The number of hydrogen-bond donors (Lipinski definition) is 1. The second-order valence-corrected chi connectivity index (χ2v) is 5.93. The van der Waals surface area contributed by atoms with E-state index in [0.717, 1.165) is 37.9 Å². The standard InChI is InChI=1S/C17H29N3/c1-3-20(14-17-11-6-8-15(2)19-17)13-7-12-18-16-9-4-5-10-16/h6,8,11,16,18H,3-5,7,9-10,12-14H2,1-2H3. The van der Waals surface area contributed by atoms with Gasteiger partial charge in [-0.1, -0.05) is 25.8 Å². The highest BCUT2D eigenvalue weighted by Crippen LogP contribution is 2.17. The Labute approximate surface area is 123 Å². The highest BCUT2D eigenvalue weighted by molar-refractivity contribution is 5.09. The van der Waals surface area contributed by atoms with E-state index in [1.54, 1.807) is 0 Å². The zero-order chi connectivity index (χ0) is 14.2. The van der Waals surface area contributed by atoms with Gasteiger partial charge in [0.2, 0.25) is 0 Å². The SMILES string of the molecule is CCN(CCCNC1CCCC1)Cc1cccc(C)n1. The third-order valence-electron chi connectivity index (χ3n) is 4.22. The minimum atomic E-state index is 0.795. The van der Waals surface area contributed by atoms with Gasteiger partial charge in [-0.05, 0) is 58.0 Å². The van der Waals surface area contributed by atoms with Crippen molar-refractivity contribution in [2.45, 2.75) is 58.5 Å². The molecule has 1 aliphatic carbocycles. The Hall–Kier alpha value is -0.930. The van der Waals surface area contributed by atoms with Crippen LogP contribution in [0.25, 0.3) is 0 Å². The normalized spacial score (nSPS) is 16.1. The van der Waals surface area contributed by atoms with Crippen LogP contribution in [0.3, 0.4) is 0 Å². The first kappa shape index (κ1) is 15.5. The van der Waals surface area contributed by atoms with Gasteiger partial charge in [0, 0.05) is 18.3 Å². The first-order valence-corrected chi connectivity index (χ1v) is 8.16. The fourth-order valence-corrected chi connectivity index (χ4v) is 3.00. The zero-order valence-electron chi connectivity index (χ0n) is 13.1. The van der Waals surface area contributed by atoms with Crippen LogP contribution in [0.1, 0.15) is 50.4 Å². The van der Waals surface area contributed by atoms with Gasteiger partial charge < -0.3 is 5.32 Å². The van der Waals surface area contributed by atoms with Crippen molar-refractivity contribution in [3.8, 4) is 0 Å². The molecule has 1 saturated carbocycles. The molecule has 0 amide bonds. The Morgan fingerprint density at radius 2 is 2.10 bits per heavy atom. The number of nitrogens with one attached hydrogen (secondary N) is 1. The number of hydrogen-bond acceptors (Lipinski definition) is 3. The molecule has 112 valence electrons. The summed E-state index contributed by atoms with van der Waals surface area (Å²) in [7, 11) is 0. The van der Waals surface area contributed by atoms with Crippen LogP contribution in [0.5, 0.6) is 0 Å². The molecule has 1 aliphatic rings. The van der Waals surface area contributed by atoms with E-state index in [1.165, 1.54) is 37.8 Å². The molecule has 0 spiro atoms. The maximum absolute atomic E-state index is 4.59. The Balaban J connectivity index is 1.66. The quantitative estimate of drug-likeness (QED) is 0.739. The van der Waals surface area contributed by atoms with Crippen LogP contribution in [0.4, 0.5) is 0 Å². The second kappa shape index (κ2) is 8.38. The van der Waals surface area contributed by atoms with Crippen LogP contribution in [-0.4, -0.2) is 35.6 Å². The molecule has 3 nitrogen and oxygen atoms in total. The molecule has 1 heterocycles. The molecule has 0 aromatic carbocycles. The van der Waals surface area contributed by atoms with Crippen LogP contribution in [0.2, 0.25) is 0 Å². The third kappa shape index (κ3) is 5.22. The van der Waals surface area contributed by atoms with Crippen molar-refractivity contribution in [3.05, 3.63) is 29.6 Å². The highest BCUT2D eigenvalue weighted by Gasteiger charge is 2.13. The average molecular weight is 275 g/mol. The lowest BCUT2D eigenvalue weighted by Gasteiger charge is -2.21. The number of nitrogens with zero attached hydrogens (tertiary/aromatic N) is 2. The van der Waals surface area contributed by atoms with E-state index in [0.29, 0.717) is 0 Å². The Kier molecular flexibility index (Phi) is 6.48. The lowest BCUT2D eigenvalue weighted by atomic mass is 10.2. The van der Waals surface area contributed by atoms with Gasteiger partial charge in [-0.3, -0.25) is 9.88 Å². The summed E-state index contributed by atoms with van der Waals surface area (Å²) in [4.78, 5) is 7.08. The molecule has 2 rings (SSSR count). The first-order valence-electron chi connectivity index (χ1n) is 8.16. The van der Waals surface area contributed by atoms with Crippen molar-refractivity contribution >= 4 is 0 Å². The molecule has 3 heteroatoms. The number of pyridine rings is 1. The minimum absolute atomic E-state index is 0.795. The number of aryl methyl sites for hydroxylation is 1. The molecule has 0 unspecified atom stereocenters. The van der Waals surface area contributed by atoms with Crippen LogP contribution in [0.15, 0.2) is 18.2 Å². The van der Waals surface area contributed by atoms with Crippen LogP contribution in [-0.2, 0) is 6.54 Å². The van der Waals surface area contributed by atoms with Crippen molar-refractivity contribution in [1.29, 1.82) is 0 Å². The Morgan fingerprint density at radius 3 is 2.80 bits per heavy atom. The topological polar surface area (TPSA) is 28.2 Å². The summed E-state index contributed by atoms with van der Waals surface area (Å²) in [6.07, 6.45) is 6.82. The predicted molar refractivity (Wildman–Crippen MR) is 84.8 cm³/mol. The summed E-state index contributed by atoms with van der Waals surface area (Å²) >= 11 is 0. The van der Waals surface area contributed by atoms with Gasteiger partial charge in [-0.25, -0.2) is 0 Å². The van der Waals surface area contributed by atoms with Crippen LogP contribution in [0, 0.1) is 6.92 Å². The van der Waals surface area contributed by atoms with Gasteiger partial charge in [0.15, 0.2) is 0 Å². The number of rotatable bonds is 8. The van der Waals surface area contributed by atoms with Crippen molar-refractivity contribution < 1.29 is 0 Å². The lowest BCUT2D eigenvalue weighted by molar-refractivity contribution is 0.270. The smallest absolute Gasteiger partial charge is 0.0547 e. The van der Waals surface area contributed by atoms with Crippen LogP contribution >= 0.6 is 0 Å². The third-order valence-corrected chi connectivity index (χ3v) is 4.22. The summed E-state index contributed by atoms with van der Waals surface area (Å²) in [5.41, 5.74) is 2.30. The summed E-state index contributed by atoms with van der Waals surface area (Å²) in [5, 5.41) is 3.69. The van der Waals surface area contributed by atoms with E-state index >= 15 is 0 Å². The molecular formula is C17H29N3. The lowest BCUT2D eigenvalue weighted by Crippen LogP contribution is -2.31. The molecule has 1 aromatic heterocycles. The van der Waals surface area contributed by atoms with Gasteiger partial charge in [0.25, 0.3) is 0 Å². The summed E-state index contributed by atoms with van der Waals surface area (Å²) in [6.45, 7) is 8.68. The zero-order valence-corrected chi connectivity index (χ0v) is 13.1. The largest absolute Gasteiger partial charge is 0.314 e. The van der Waals surface area contributed by atoms with Gasteiger partial charge in [0.05, 0.1) is 5.69 Å². The molecule has 0 aliphatic heterocycles. The second-order valence-electron chi connectivity index (χ2n) is 5.93. The van der Waals surface area contributed by atoms with E-state index in [1.807, 2.05) is 0 Å². The molecule has 1 aromatic rings. The van der Waals surface area contributed by atoms with Gasteiger partial charge in [-0.2, -0.15) is 0 Å². The van der Waals surface area contributed by atoms with Gasteiger partial charge >= 0.3 is 0 Å². The molecule has 0 saturated heterocycles. The van der Waals surface area contributed by atoms with Crippen molar-refractivity contribution in [2.24, 2.45) is 0 Å². The van der Waals surface area contributed by atoms with E-state index < -0.39 is 0 Å². The molecule has 0 radical (unpaired) electrons. The van der Waals surface area contributed by atoms with E-state index in [4.69, 9.17) is 0 Å². The summed E-state index contributed by atoms with van der Waals surface area (Å²) in [5.74, 6) is 0. The van der Waals surface area contributed by atoms with Gasteiger partial charge in [-0.15, -0.1) is 0 Å². The predicted octanol–water partition coefficient (Wildman–Crippen LogP) is 3.13. The first-order chi connectivity index (χ1) is 9.78. The van der Waals surface area contributed by atoms with E-state index in [-0.39, 0.29) is 0 Å². The fraction of sp³-hybridized carbons (Fsp3) is 0.706. The molecule has 0 atom stereocenters. The Morgan fingerprint density at radius 1 is 1.30 bits per heavy atom. The number of aromatic nitrogens is 1. The maximum atomic E-state index is 4.59. The van der Waals surface area contributed by atoms with Crippen molar-refractivity contribution in [1.82, 2.24) is 15.2 Å². The fourth-order valence-electron chi connectivity index (χ4n) is 3.00. The average Bonchev–Trinajstić information content (AvgIpc) is 2.95. The van der Waals surface area contributed by atoms with Crippen LogP contribution < -0.4 is 5.32 Å². The summed E-state index contributed by atoms with van der Waals surface area (Å²) in [6, 6.07) is 7.09. The van der Waals surface area contributed by atoms with Crippen molar-refractivity contribution in [3.63, 3.8) is 0 Å². The van der Waals surface area contributed by atoms with Gasteiger partial charge in [0.1, 0.15) is 0 Å².